The summed E-state index contributed by atoms with van der Waals surface area (Å²) in [6, 6.07) is 8.42. The minimum absolute atomic E-state index is 0.0301. The Balaban J connectivity index is 1.61. The maximum absolute atomic E-state index is 13.2. The average molecular weight is 458 g/mol. The fourth-order valence-corrected chi connectivity index (χ4v) is 3.61. The van der Waals surface area contributed by atoms with E-state index in [4.69, 9.17) is 9.15 Å². The minimum atomic E-state index is -4.55. The molecule has 0 radical (unpaired) electrons. The number of fused-ring (bicyclic) bond motifs is 1. The van der Waals surface area contributed by atoms with E-state index in [1.807, 2.05) is 17.9 Å². The predicted molar refractivity (Wildman–Crippen MR) is 119 cm³/mol. The zero-order valence-electron chi connectivity index (χ0n) is 17.7. The second kappa shape index (κ2) is 9.11. The number of nitrogens with zero attached hydrogens (tertiary/aromatic N) is 1. The summed E-state index contributed by atoms with van der Waals surface area (Å²) < 4.78 is 50.5. The standard InChI is InChI=1S/C24H21F3N2O4/c1-15-2-6-21-18(12-15)23(31)16(14-33-21)3-7-22(30)28-19-13-17(24(25,26)27)4-5-20(19)29-8-10-32-11-9-29/h2-7,12-14H,8-11H2,1H3,(H,28,30)/b7-3+. The number of ether oxygens (including phenoxy) is 1. The van der Waals surface area contributed by atoms with Crippen LogP contribution in [0.3, 0.4) is 0 Å². The van der Waals surface area contributed by atoms with Crippen LogP contribution in [-0.2, 0) is 15.7 Å². The van der Waals surface area contributed by atoms with Gasteiger partial charge in [-0.2, -0.15) is 13.2 Å². The molecule has 9 heteroatoms. The van der Waals surface area contributed by atoms with Gasteiger partial charge in [0.05, 0.1) is 41.1 Å². The van der Waals surface area contributed by atoms with Gasteiger partial charge in [0, 0.05) is 19.2 Å². The van der Waals surface area contributed by atoms with E-state index >= 15 is 0 Å². The van der Waals surface area contributed by atoms with Gasteiger partial charge in [-0.05, 0) is 43.3 Å². The van der Waals surface area contributed by atoms with Crippen molar-refractivity contribution in [3.05, 3.63) is 75.7 Å². The quantitative estimate of drug-likeness (QED) is 0.579. The first-order valence-corrected chi connectivity index (χ1v) is 10.3. The van der Waals surface area contributed by atoms with Gasteiger partial charge in [0.25, 0.3) is 0 Å². The number of carbonyl (C=O) groups excluding carboxylic acids is 1. The van der Waals surface area contributed by atoms with Crippen molar-refractivity contribution in [2.24, 2.45) is 0 Å². The number of anilines is 2. The van der Waals surface area contributed by atoms with Gasteiger partial charge in [0.1, 0.15) is 11.8 Å². The highest BCUT2D eigenvalue weighted by Gasteiger charge is 2.31. The number of hydrogen-bond donors (Lipinski definition) is 1. The molecule has 1 aromatic heterocycles. The lowest BCUT2D eigenvalue weighted by atomic mass is 10.1. The lowest BCUT2D eigenvalue weighted by Gasteiger charge is -2.30. The van der Waals surface area contributed by atoms with Gasteiger partial charge in [0.15, 0.2) is 5.43 Å². The van der Waals surface area contributed by atoms with Crippen molar-refractivity contribution >= 4 is 34.3 Å². The van der Waals surface area contributed by atoms with Gasteiger partial charge >= 0.3 is 6.18 Å². The van der Waals surface area contributed by atoms with E-state index in [9.17, 15) is 22.8 Å². The Morgan fingerprint density at radius 2 is 1.88 bits per heavy atom. The molecule has 1 fully saturated rings. The van der Waals surface area contributed by atoms with Crippen molar-refractivity contribution in [1.82, 2.24) is 0 Å². The molecule has 2 heterocycles. The van der Waals surface area contributed by atoms with E-state index in [1.54, 1.807) is 12.1 Å². The molecule has 172 valence electrons. The molecule has 1 saturated heterocycles. The fraction of sp³-hybridized carbons (Fsp3) is 0.250. The monoisotopic (exact) mass is 458 g/mol. The number of hydrogen-bond acceptors (Lipinski definition) is 5. The van der Waals surface area contributed by atoms with Crippen molar-refractivity contribution in [1.29, 1.82) is 0 Å². The van der Waals surface area contributed by atoms with Crippen molar-refractivity contribution in [2.45, 2.75) is 13.1 Å². The van der Waals surface area contributed by atoms with Gasteiger partial charge in [0.2, 0.25) is 5.91 Å². The molecular formula is C24H21F3N2O4. The number of benzene rings is 2. The topological polar surface area (TPSA) is 71.8 Å². The van der Waals surface area contributed by atoms with Gasteiger partial charge in [-0.3, -0.25) is 9.59 Å². The molecule has 0 aliphatic carbocycles. The summed E-state index contributed by atoms with van der Waals surface area (Å²) in [7, 11) is 0. The fourth-order valence-electron chi connectivity index (χ4n) is 3.61. The van der Waals surface area contributed by atoms with E-state index in [0.717, 1.165) is 23.8 Å². The number of nitrogens with one attached hydrogen (secondary N) is 1. The first-order valence-electron chi connectivity index (χ1n) is 10.3. The molecule has 0 atom stereocenters. The SMILES string of the molecule is Cc1ccc2occ(/C=C/C(=O)Nc3cc(C(F)(F)F)ccc3N3CCOCC3)c(=O)c2c1. The predicted octanol–water partition coefficient (Wildman–Crippen LogP) is 4.61. The smallest absolute Gasteiger partial charge is 0.416 e. The van der Waals surface area contributed by atoms with Crippen LogP contribution in [0.4, 0.5) is 24.5 Å². The van der Waals surface area contributed by atoms with Crippen LogP contribution in [0, 0.1) is 6.92 Å². The van der Waals surface area contributed by atoms with Crippen molar-refractivity contribution in [3.8, 4) is 0 Å². The third-order valence-corrected chi connectivity index (χ3v) is 5.30. The van der Waals surface area contributed by atoms with Gasteiger partial charge < -0.3 is 19.4 Å². The Labute approximate surface area is 187 Å². The zero-order valence-corrected chi connectivity index (χ0v) is 17.7. The second-order valence-corrected chi connectivity index (χ2v) is 7.67. The van der Waals surface area contributed by atoms with Crippen LogP contribution in [0.15, 0.2) is 57.9 Å². The first kappa shape index (κ1) is 22.6. The largest absolute Gasteiger partial charge is 0.463 e. The Morgan fingerprint density at radius 3 is 2.61 bits per heavy atom. The third kappa shape index (κ3) is 5.09. The summed E-state index contributed by atoms with van der Waals surface area (Å²) in [4.78, 5) is 27.1. The zero-order chi connectivity index (χ0) is 23.6. The summed E-state index contributed by atoms with van der Waals surface area (Å²) in [6.45, 7) is 3.69. The Bertz CT molecular complexity index is 1270. The number of carbonyl (C=O) groups is 1. The summed E-state index contributed by atoms with van der Waals surface area (Å²) >= 11 is 0. The van der Waals surface area contributed by atoms with Gasteiger partial charge in [-0.15, -0.1) is 0 Å². The van der Waals surface area contributed by atoms with Crippen LogP contribution in [0.25, 0.3) is 17.0 Å². The molecule has 1 amide bonds. The highest BCUT2D eigenvalue weighted by molar-refractivity contribution is 6.04. The number of halogens is 3. The van der Waals surface area contributed by atoms with Crippen molar-refractivity contribution < 1.29 is 27.1 Å². The molecule has 0 spiro atoms. The Morgan fingerprint density at radius 1 is 1.12 bits per heavy atom. The van der Waals surface area contributed by atoms with E-state index in [2.05, 4.69) is 5.32 Å². The van der Waals surface area contributed by atoms with Crippen LogP contribution in [0.2, 0.25) is 0 Å². The van der Waals surface area contributed by atoms with E-state index in [-0.39, 0.29) is 16.7 Å². The molecule has 33 heavy (non-hydrogen) atoms. The van der Waals surface area contributed by atoms with Crippen LogP contribution >= 0.6 is 0 Å². The van der Waals surface area contributed by atoms with Crippen LogP contribution in [-0.4, -0.2) is 32.2 Å². The normalized spacial score (nSPS) is 14.7. The molecule has 2 aromatic carbocycles. The first-order chi connectivity index (χ1) is 15.7. The minimum Gasteiger partial charge on any atom is -0.463 e. The molecule has 3 aromatic rings. The molecule has 1 N–H and O–H groups in total. The highest BCUT2D eigenvalue weighted by Crippen LogP contribution is 2.35. The number of alkyl halides is 3. The molecule has 0 unspecified atom stereocenters. The van der Waals surface area contributed by atoms with E-state index in [1.165, 1.54) is 18.4 Å². The van der Waals surface area contributed by atoms with Crippen molar-refractivity contribution in [2.75, 3.05) is 36.5 Å². The maximum Gasteiger partial charge on any atom is 0.416 e. The number of rotatable bonds is 4. The maximum atomic E-state index is 13.2. The molecular weight excluding hydrogens is 437 g/mol. The second-order valence-electron chi connectivity index (χ2n) is 7.67. The summed E-state index contributed by atoms with van der Waals surface area (Å²) in [5, 5.41) is 2.90. The molecule has 1 aliphatic heterocycles. The number of morpholine rings is 1. The lowest BCUT2D eigenvalue weighted by molar-refractivity contribution is -0.137. The Kier molecular flexibility index (Phi) is 6.24. The molecule has 1 aliphatic rings. The highest BCUT2D eigenvalue weighted by atomic mass is 19.4. The van der Waals surface area contributed by atoms with E-state index in [0.29, 0.717) is 43.0 Å². The van der Waals surface area contributed by atoms with Crippen LogP contribution in [0.1, 0.15) is 16.7 Å². The summed E-state index contributed by atoms with van der Waals surface area (Å²) in [6.07, 6.45) is -0.934. The average Bonchev–Trinajstić information content (AvgIpc) is 2.79. The van der Waals surface area contributed by atoms with Crippen LogP contribution < -0.4 is 15.6 Å². The van der Waals surface area contributed by atoms with Crippen LogP contribution in [0.5, 0.6) is 0 Å². The Hall–Kier alpha value is -3.59. The van der Waals surface area contributed by atoms with Gasteiger partial charge in [-0.1, -0.05) is 11.6 Å². The summed E-state index contributed by atoms with van der Waals surface area (Å²) in [5.41, 5.74) is 0.776. The lowest BCUT2D eigenvalue weighted by Crippen LogP contribution is -2.36. The third-order valence-electron chi connectivity index (χ3n) is 5.30. The molecule has 0 bridgehead atoms. The number of aryl methyl sites for hydroxylation is 1. The molecule has 0 saturated carbocycles. The summed E-state index contributed by atoms with van der Waals surface area (Å²) in [5.74, 6) is -0.674. The molecule has 4 rings (SSSR count). The number of amides is 1. The van der Waals surface area contributed by atoms with E-state index < -0.39 is 17.6 Å². The van der Waals surface area contributed by atoms with Gasteiger partial charge in [-0.25, -0.2) is 0 Å². The molecule has 6 nitrogen and oxygen atoms in total. The van der Waals surface area contributed by atoms with Crippen molar-refractivity contribution in [3.63, 3.8) is 0 Å².